The summed E-state index contributed by atoms with van der Waals surface area (Å²) in [5.74, 6) is 1.56. The number of benzene rings is 1. The second kappa shape index (κ2) is 6.88. The normalized spacial score (nSPS) is 14.8. The van der Waals surface area contributed by atoms with Crippen LogP contribution in [-0.4, -0.2) is 41.6 Å². The molecule has 0 radical (unpaired) electrons. The van der Waals surface area contributed by atoms with E-state index in [2.05, 4.69) is 9.30 Å². The van der Waals surface area contributed by atoms with Crippen molar-refractivity contribution in [2.45, 2.75) is 19.4 Å². The molecule has 136 valence electrons. The molecule has 26 heavy (non-hydrogen) atoms. The van der Waals surface area contributed by atoms with Crippen molar-refractivity contribution in [2.75, 3.05) is 33.0 Å². The van der Waals surface area contributed by atoms with Gasteiger partial charge >= 0.3 is 0 Å². The molecular weight excluding hydrogens is 328 g/mol. The van der Waals surface area contributed by atoms with E-state index < -0.39 is 0 Å². The van der Waals surface area contributed by atoms with E-state index in [4.69, 9.17) is 20.2 Å². The molecule has 0 spiro atoms. The third-order valence-corrected chi connectivity index (χ3v) is 4.97. The molecule has 0 bridgehead atoms. The Morgan fingerprint density at radius 1 is 1.08 bits per heavy atom. The highest BCUT2D eigenvalue weighted by Crippen LogP contribution is 2.36. The van der Waals surface area contributed by atoms with E-state index in [0.717, 1.165) is 59.4 Å². The molecule has 0 saturated carbocycles. The van der Waals surface area contributed by atoms with Crippen molar-refractivity contribution in [3.05, 3.63) is 42.2 Å². The number of nitrogen functional groups attached to an aromatic ring is 1. The third-order valence-electron chi connectivity index (χ3n) is 4.97. The lowest BCUT2D eigenvalue weighted by molar-refractivity contribution is 0.326. The average Bonchev–Trinajstić information content (AvgIpc) is 3.30. The van der Waals surface area contributed by atoms with Gasteiger partial charge in [-0.3, -0.25) is 4.90 Å². The van der Waals surface area contributed by atoms with Crippen LogP contribution in [0.2, 0.25) is 0 Å². The molecular formula is C20H24N4O2. The zero-order valence-corrected chi connectivity index (χ0v) is 15.2. The summed E-state index contributed by atoms with van der Waals surface area (Å²) in [6.07, 6.45) is 4.44. The summed E-state index contributed by atoms with van der Waals surface area (Å²) >= 11 is 0. The second-order valence-electron chi connectivity index (χ2n) is 6.65. The Labute approximate surface area is 153 Å². The molecule has 1 aliphatic heterocycles. The molecule has 3 heterocycles. The molecule has 0 amide bonds. The lowest BCUT2D eigenvalue weighted by Gasteiger charge is -2.16. The molecule has 4 rings (SSSR count). The number of anilines is 1. The maximum atomic E-state index is 6.04. The Balaban J connectivity index is 1.91. The van der Waals surface area contributed by atoms with E-state index in [1.54, 1.807) is 14.2 Å². The molecule has 1 saturated heterocycles. The summed E-state index contributed by atoms with van der Waals surface area (Å²) in [7, 11) is 3.35. The Kier molecular flexibility index (Phi) is 4.42. The summed E-state index contributed by atoms with van der Waals surface area (Å²) in [5, 5.41) is 0. The molecule has 6 nitrogen and oxygen atoms in total. The van der Waals surface area contributed by atoms with Crippen molar-refractivity contribution in [1.29, 1.82) is 0 Å². The largest absolute Gasteiger partial charge is 0.497 e. The molecule has 1 aliphatic rings. The zero-order valence-electron chi connectivity index (χ0n) is 15.2. The first kappa shape index (κ1) is 16.7. The predicted octanol–water partition coefficient (Wildman–Crippen LogP) is 3.20. The quantitative estimate of drug-likeness (QED) is 0.764. The van der Waals surface area contributed by atoms with Gasteiger partial charge in [-0.05, 0) is 56.3 Å². The summed E-state index contributed by atoms with van der Waals surface area (Å²) in [4.78, 5) is 7.36. The number of hydrogen-bond donors (Lipinski definition) is 1. The first-order valence-corrected chi connectivity index (χ1v) is 8.91. The van der Waals surface area contributed by atoms with Crippen LogP contribution in [0.1, 0.15) is 18.5 Å². The molecule has 1 aromatic carbocycles. The van der Waals surface area contributed by atoms with Crippen molar-refractivity contribution in [1.82, 2.24) is 14.3 Å². The fourth-order valence-corrected chi connectivity index (χ4v) is 3.63. The topological polar surface area (TPSA) is 65.0 Å². The van der Waals surface area contributed by atoms with E-state index in [1.165, 1.54) is 12.8 Å². The first-order chi connectivity index (χ1) is 12.7. The highest BCUT2D eigenvalue weighted by atomic mass is 16.5. The zero-order chi connectivity index (χ0) is 18.1. The Morgan fingerprint density at radius 3 is 2.62 bits per heavy atom. The second-order valence-corrected chi connectivity index (χ2v) is 6.65. The van der Waals surface area contributed by atoms with Crippen LogP contribution in [0.5, 0.6) is 11.5 Å². The van der Waals surface area contributed by atoms with Crippen LogP contribution in [0, 0.1) is 0 Å². The van der Waals surface area contributed by atoms with E-state index in [0.29, 0.717) is 0 Å². The lowest BCUT2D eigenvalue weighted by Crippen LogP contribution is -2.20. The van der Waals surface area contributed by atoms with Crippen molar-refractivity contribution in [3.63, 3.8) is 0 Å². The van der Waals surface area contributed by atoms with Crippen LogP contribution < -0.4 is 15.2 Å². The van der Waals surface area contributed by atoms with E-state index in [1.807, 2.05) is 36.5 Å². The Hall–Kier alpha value is -2.73. The van der Waals surface area contributed by atoms with Gasteiger partial charge in [0.05, 0.1) is 25.6 Å². The average molecular weight is 352 g/mol. The molecule has 2 aromatic heterocycles. The molecule has 2 N–H and O–H groups in total. The van der Waals surface area contributed by atoms with Gasteiger partial charge in [0.2, 0.25) is 0 Å². The maximum Gasteiger partial charge on any atom is 0.137 e. The molecule has 0 aliphatic carbocycles. The van der Waals surface area contributed by atoms with E-state index in [-0.39, 0.29) is 0 Å². The highest BCUT2D eigenvalue weighted by molar-refractivity contribution is 5.74. The van der Waals surface area contributed by atoms with Crippen LogP contribution >= 0.6 is 0 Å². The van der Waals surface area contributed by atoms with Crippen molar-refractivity contribution >= 4 is 11.3 Å². The molecule has 0 unspecified atom stereocenters. The Morgan fingerprint density at radius 2 is 1.88 bits per heavy atom. The van der Waals surface area contributed by atoms with Gasteiger partial charge in [0.15, 0.2) is 0 Å². The summed E-state index contributed by atoms with van der Waals surface area (Å²) in [5.41, 5.74) is 10.6. The van der Waals surface area contributed by atoms with Gasteiger partial charge in [0, 0.05) is 24.0 Å². The SMILES string of the molecule is COc1ccc(OC)c(-c2nc3ccc(N)cn3c2CN2CCCC2)c1. The number of pyridine rings is 1. The summed E-state index contributed by atoms with van der Waals surface area (Å²) < 4.78 is 13.1. The Bertz CT molecular complexity index is 929. The minimum Gasteiger partial charge on any atom is -0.497 e. The maximum absolute atomic E-state index is 6.04. The van der Waals surface area contributed by atoms with Crippen molar-refractivity contribution in [2.24, 2.45) is 0 Å². The number of aromatic nitrogens is 2. The standard InChI is InChI=1S/C20H24N4O2/c1-25-15-6-7-18(26-2)16(11-15)20-17(13-23-9-3-4-10-23)24-12-14(21)5-8-19(24)22-20/h5-8,11-12H,3-4,9-10,13,21H2,1-2H3. The van der Waals surface area contributed by atoms with Gasteiger partial charge in [0.1, 0.15) is 17.1 Å². The lowest BCUT2D eigenvalue weighted by atomic mass is 10.1. The number of methoxy groups -OCH3 is 2. The first-order valence-electron chi connectivity index (χ1n) is 8.91. The molecule has 1 fully saturated rings. The van der Waals surface area contributed by atoms with Crippen LogP contribution in [0.25, 0.3) is 16.9 Å². The van der Waals surface area contributed by atoms with Crippen LogP contribution in [0.15, 0.2) is 36.5 Å². The van der Waals surface area contributed by atoms with Crippen LogP contribution in [0.3, 0.4) is 0 Å². The van der Waals surface area contributed by atoms with Gasteiger partial charge in [-0.25, -0.2) is 4.98 Å². The number of imidazole rings is 1. The van der Waals surface area contributed by atoms with Crippen LogP contribution in [0.4, 0.5) is 5.69 Å². The highest BCUT2D eigenvalue weighted by Gasteiger charge is 2.22. The fraction of sp³-hybridized carbons (Fsp3) is 0.350. The van der Waals surface area contributed by atoms with Crippen molar-refractivity contribution in [3.8, 4) is 22.8 Å². The number of ether oxygens (including phenoxy) is 2. The smallest absolute Gasteiger partial charge is 0.137 e. The fourth-order valence-electron chi connectivity index (χ4n) is 3.63. The third kappa shape index (κ3) is 2.97. The van der Waals surface area contributed by atoms with Crippen molar-refractivity contribution < 1.29 is 9.47 Å². The van der Waals surface area contributed by atoms with Gasteiger partial charge in [-0.15, -0.1) is 0 Å². The number of nitrogens with zero attached hydrogens (tertiary/aromatic N) is 3. The minimum atomic E-state index is 0.724. The summed E-state index contributed by atoms with van der Waals surface area (Å²) in [6.45, 7) is 3.06. The van der Waals surface area contributed by atoms with Crippen LogP contribution in [-0.2, 0) is 6.54 Å². The minimum absolute atomic E-state index is 0.724. The van der Waals surface area contributed by atoms with Gasteiger partial charge in [-0.2, -0.15) is 0 Å². The number of rotatable bonds is 5. The number of likely N-dealkylation sites (tertiary alicyclic amines) is 1. The van der Waals surface area contributed by atoms with Gasteiger partial charge in [-0.1, -0.05) is 0 Å². The van der Waals surface area contributed by atoms with E-state index in [9.17, 15) is 0 Å². The van der Waals surface area contributed by atoms with Gasteiger partial charge < -0.3 is 19.6 Å². The van der Waals surface area contributed by atoms with Gasteiger partial charge in [0.25, 0.3) is 0 Å². The molecule has 0 atom stereocenters. The number of fused-ring (bicyclic) bond motifs is 1. The molecule has 6 heteroatoms. The molecule has 3 aromatic rings. The number of nitrogens with two attached hydrogens (primary N) is 1. The van der Waals surface area contributed by atoms with E-state index >= 15 is 0 Å². The summed E-state index contributed by atoms with van der Waals surface area (Å²) in [6, 6.07) is 9.65. The number of hydrogen-bond acceptors (Lipinski definition) is 5. The predicted molar refractivity (Wildman–Crippen MR) is 103 cm³/mol. The monoisotopic (exact) mass is 352 g/mol.